The summed E-state index contributed by atoms with van der Waals surface area (Å²) in [7, 11) is -3.58. The molecular formula is C24H26N2O3S. The van der Waals surface area contributed by atoms with Crippen LogP contribution >= 0.6 is 0 Å². The highest BCUT2D eigenvalue weighted by Gasteiger charge is 2.23. The lowest BCUT2D eigenvalue weighted by molar-refractivity contribution is 0.0951. The second-order valence-electron chi connectivity index (χ2n) is 7.11. The molecule has 0 aromatic heterocycles. The van der Waals surface area contributed by atoms with E-state index < -0.39 is 10.0 Å². The Bertz CT molecular complexity index is 1080. The van der Waals surface area contributed by atoms with Gasteiger partial charge >= 0.3 is 0 Å². The van der Waals surface area contributed by atoms with Crippen molar-refractivity contribution in [2.75, 3.05) is 6.54 Å². The minimum Gasteiger partial charge on any atom is -0.348 e. The molecule has 30 heavy (non-hydrogen) atoms. The molecule has 156 valence electrons. The number of aryl methyl sites for hydroxylation is 1. The Kier molecular flexibility index (Phi) is 7.03. The van der Waals surface area contributed by atoms with Crippen molar-refractivity contribution in [1.82, 2.24) is 9.62 Å². The van der Waals surface area contributed by atoms with Crippen molar-refractivity contribution in [3.63, 3.8) is 0 Å². The zero-order valence-electron chi connectivity index (χ0n) is 17.2. The van der Waals surface area contributed by atoms with E-state index in [0.717, 1.165) is 16.7 Å². The monoisotopic (exact) mass is 422 g/mol. The number of carbonyl (C=O) groups is 1. The van der Waals surface area contributed by atoms with Crippen molar-refractivity contribution in [2.45, 2.75) is 31.8 Å². The summed E-state index contributed by atoms with van der Waals surface area (Å²) in [6.07, 6.45) is 0. The van der Waals surface area contributed by atoms with E-state index in [1.807, 2.05) is 44.2 Å². The van der Waals surface area contributed by atoms with Crippen molar-refractivity contribution >= 4 is 15.9 Å². The number of carbonyl (C=O) groups excluding carboxylic acids is 1. The van der Waals surface area contributed by atoms with Gasteiger partial charge in [-0.2, -0.15) is 4.31 Å². The first-order valence-corrected chi connectivity index (χ1v) is 11.3. The van der Waals surface area contributed by atoms with Gasteiger partial charge in [-0.05, 0) is 42.3 Å². The van der Waals surface area contributed by atoms with Crippen LogP contribution in [-0.4, -0.2) is 25.2 Å². The van der Waals surface area contributed by atoms with Crippen molar-refractivity contribution in [3.8, 4) is 0 Å². The summed E-state index contributed by atoms with van der Waals surface area (Å²) < 4.78 is 27.3. The summed E-state index contributed by atoms with van der Waals surface area (Å²) in [4.78, 5) is 12.6. The van der Waals surface area contributed by atoms with E-state index in [2.05, 4.69) is 5.32 Å². The minimum atomic E-state index is -3.58. The van der Waals surface area contributed by atoms with Gasteiger partial charge in [-0.1, -0.05) is 67.1 Å². The SMILES string of the molecule is CCN(Cc1ccc(C(=O)NCc2ccccc2)cc1)S(=O)(=O)c1ccc(C)cc1. The quantitative estimate of drug-likeness (QED) is 0.593. The van der Waals surface area contributed by atoms with E-state index in [-0.39, 0.29) is 17.3 Å². The summed E-state index contributed by atoms with van der Waals surface area (Å²) in [6, 6.07) is 23.6. The van der Waals surface area contributed by atoms with Crippen molar-refractivity contribution in [2.24, 2.45) is 0 Å². The second-order valence-corrected chi connectivity index (χ2v) is 9.05. The Labute approximate surface area is 178 Å². The maximum Gasteiger partial charge on any atom is 0.251 e. The lowest BCUT2D eigenvalue weighted by Gasteiger charge is -2.21. The van der Waals surface area contributed by atoms with Gasteiger partial charge in [0.15, 0.2) is 0 Å². The largest absolute Gasteiger partial charge is 0.348 e. The lowest BCUT2D eigenvalue weighted by Crippen LogP contribution is -2.30. The van der Waals surface area contributed by atoms with Gasteiger partial charge in [0, 0.05) is 25.2 Å². The molecule has 0 fully saturated rings. The Morgan fingerprint density at radius 2 is 1.50 bits per heavy atom. The molecule has 1 amide bonds. The highest BCUT2D eigenvalue weighted by atomic mass is 32.2. The Morgan fingerprint density at radius 3 is 2.10 bits per heavy atom. The zero-order chi connectivity index (χ0) is 21.6. The summed E-state index contributed by atoms with van der Waals surface area (Å²) in [5.41, 5.74) is 3.41. The minimum absolute atomic E-state index is 0.162. The predicted octanol–water partition coefficient (Wildman–Crippen LogP) is 4.14. The maximum absolute atomic E-state index is 12.9. The number of rotatable bonds is 8. The molecule has 0 radical (unpaired) electrons. The number of hydrogen-bond acceptors (Lipinski definition) is 3. The first-order chi connectivity index (χ1) is 14.4. The number of hydrogen-bond donors (Lipinski definition) is 1. The molecule has 6 heteroatoms. The highest BCUT2D eigenvalue weighted by molar-refractivity contribution is 7.89. The van der Waals surface area contributed by atoms with Gasteiger partial charge in [0.05, 0.1) is 4.90 Å². The van der Waals surface area contributed by atoms with Crippen LogP contribution < -0.4 is 5.32 Å². The maximum atomic E-state index is 12.9. The third kappa shape index (κ3) is 5.34. The van der Waals surface area contributed by atoms with Crippen molar-refractivity contribution in [3.05, 3.63) is 101 Å². The smallest absolute Gasteiger partial charge is 0.251 e. The van der Waals surface area contributed by atoms with Gasteiger partial charge in [0.2, 0.25) is 10.0 Å². The molecular weight excluding hydrogens is 396 g/mol. The fourth-order valence-electron chi connectivity index (χ4n) is 3.07. The topological polar surface area (TPSA) is 66.5 Å². The molecule has 0 heterocycles. The summed E-state index contributed by atoms with van der Waals surface area (Å²) in [5, 5.41) is 2.89. The summed E-state index contributed by atoms with van der Waals surface area (Å²) >= 11 is 0. The van der Waals surface area contributed by atoms with E-state index in [1.165, 1.54) is 4.31 Å². The van der Waals surface area contributed by atoms with Gasteiger partial charge < -0.3 is 5.32 Å². The molecule has 0 saturated heterocycles. The molecule has 0 aliphatic rings. The van der Waals surface area contributed by atoms with Gasteiger partial charge in [-0.25, -0.2) is 8.42 Å². The summed E-state index contributed by atoms with van der Waals surface area (Å²) in [6.45, 7) is 4.80. The van der Waals surface area contributed by atoms with E-state index in [0.29, 0.717) is 18.7 Å². The molecule has 3 aromatic carbocycles. The van der Waals surface area contributed by atoms with Gasteiger partial charge in [-0.15, -0.1) is 0 Å². The van der Waals surface area contributed by atoms with Crippen LogP contribution in [0.4, 0.5) is 0 Å². The van der Waals surface area contributed by atoms with Crippen LogP contribution in [0.3, 0.4) is 0 Å². The Hall–Kier alpha value is -2.96. The van der Waals surface area contributed by atoms with Crippen LogP contribution in [0.15, 0.2) is 83.8 Å². The fourth-order valence-corrected chi connectivity index (χ4v) is 4.51. The van der Waals surface area contributed by atoms with E-state index in [9.17, 15) is 13.2 Å². The molecule has 0 aliphatic heterocycles. The third-order valence-electron chi connectivity index (χ3n) is 4.88. The van der Waals surface area contributed by atoms with Crippen molar-refractivity contribution in [1.29, 1.82) is 0 Å². The molecule has 0 atom stereocenters. The molecule has 3 rings (SSSR count). The average molecular weight is 423 g/mol. The molecule has 0 unspecified atom stereocenters. The first kappa shape index (κ1) is 21.7. The molecule has 0 aliphatic carbocycles. The Morgan fingerprint density at radius 1 is 0.867 bits per heavy atom. The zero-order valence-corrected chi connectivity index (χ0v) is 18.0. The number of nitrogens with zero attached hydrogens (tertiary/aromatic N) is 1. The van der Waals surface area contributed by atoms with Gasteiger partial charge in [0.25, 0.3) is 5.91 Å². The van der Waals surface area contributed by atoms with Crippen LogP contribution in [0.1, 0.15) is 34.0 Å². The number of amides is 1. The number of nitrogens with one attached hydrogen (secondary N) is 1. The van der Waals surface area contributed by atoms with E-state index >= 15 is 0 Å². The van der Waals surface area contributed by atoms with Crippen LogP contribution in [0.25, 0.3) is 0 Å². The van der Waals surface area contributed by atoms with Crippen LogP contribution in [-0.2, 0) is 23.1 Å². The lowest BCUT2D eigenvalue weighted by atomic mass is 10.1. The first-order valence-electron chi connectivity index (χ1n) is 9.88. The summed E-state index contributed by atoms with van der Waals surface area (Å²) in [5.74, 6) is -0.162. The molecule has 5 nitrogen and oxygen atoms in total. The average Bonchev–Trinajstić information content (AvgIpc) is 2.77. The van der Waals surface area contributed by atoms with Gasteiger partial charge in [-0.3, -0.25) is 4.79 Å². The van der Waals surface area contributed by atoms with Crippen molar-refractivity contribution < 1.29 is 13.2 Å². The normalized spacial score (nSPS) is 11.4. The fraction of sp³-hybridized carbons (Fsp3) is 0.208. The molecule has 0 spiro atoms. The molecule has 0 bridgehead atoms. The third-order valence-corrected chi connectivity index (χ3v) is 6.82. The van der Waals surface area contributed by atoms with Crippen LogP contribution in [0.2, 0.25) is 0 Å². The molecule has 1 N–H and O–H groups in total. The molecule has 3 aromatic rings. The van der Waals surface area contributed by atoms with E-state index in [1.54, 1.807) is 48.5 Å². The Balaban J connectivity index is 1.66. The van der Waals surface area contributed by atoms with Crippen LogP contribution in [0, 0.1) is 6.92 Å². The highest BCUT2D eigenvalue weighted by Crippen LogP contribution is 2.19. The van der Waals surface area contributed by atoms with Crippen LogP contribution in [0.5, 0.6) is 0 Å². The standard InChI is InChI=1S/C24H26N2O3S/c1-3-26(30(28,29)23-15-9-19(2)10-16-23)18-21-11-13-22(14-12-21)24(27)25-17-20-7-5-4-6-8-20/h4-16H,3,17-18H2,1-2H3,(H,25,27). The predicted molar refractivity (Wildman–Crippen MR) is 119 cm³/mol. The van der Waals surface area contributed by atoms with E-state index in [4.69, 9.17) is 0 Å². The number of sulfonamides is 1. The second kappa shape index (κ2) is 9.69. The molecule has 0 saturated carbocycles. The number of benzene rings is 3. The van der Waals surface area contributed by atoms with Gasteiger partial charge in [0.1, 0.15) is 0 Å².